The van der Waals surface area contributed by atoms with E-state index in [1.165, 1.54) is 0 Å². The maximum Gasteiger partial charge on any atom is 0.190 e. The van der Waals surface area contributed by atoms with Crippen molar-refractivity contribution in [2.24, 2.45) is 0 Å². The van der Waals surface area contributed by atoms with Gasteiger partial charge in [-0.05, 0) is 47.5 Å². The van der Waals surface area contributed by atoms with Gasteiger partial charge in [0.2, 0.25) is 0 Å². The predicted octanol–water partition coefficient (Wildman–Crippen LogP) is 4.14. The van der Waals surface area contributed by atoms with E-state index in [2.05, 4.69) is 27.1 Å². The lowest BCUT2D eigenvalue weighted by atomic mass is 10.1. The summed E-state index contributed by atoms with van der Waals surface area (Å²) in [5.74, 6) is 2.29. The highest BCUT2D eigenvalue weighted by atomic mass is 16.6. The summed E-state index contributed by atoms with van der Waals surface area (Å²) in [4.78, 5) is 12.1. The average Bonchev–Trinajstić information content (AvgIpc) is 3.11. The first kappa shape index (κ1) is 14.0. The molecule has 0 saturated heterocycles. The van der Waals surface area contributed by atoms with Crippen molar-refractivity contribution in [1.82, 2.24) is 15.0 Å². The Labute approximate surface area is 144 Å². The SMILES string of the molecule is c1ccc2c(c1)OC[C@H](c1nc3ccc(-c4ccncc4)cc3[nH]1)O2. The fourth-order valence-corrected chi connectivity index (χ4v) is 3.06. The van der Waals surface area contributed by atoms with Gasteiger partial charge < -0.3 is 14.5 Å². The van der Waals surface area contributed by atoms with E-state index in [-0.39, 0.29) is 6.10 Å². The van der Waals surface area contributed by atoms with E-state index in [1.807, 2.05) is 42.5 Å². The minimum absolute atomic E-state index is 0.244. The largest absolute Gasteiger partial charge is 0.485 e. The van der Waals surface area contributed by atoms with Gasteiger partial charge in [0.1, 0.15) is 6.61 Å². The van der Waals surface area contributed by atoms with Crippen LogP contribution in [0.4, 0.5) is 0 Å². The van der Waals surface area contributed by atoms with Crippen LogP contribution in [0.1, 0.15) is 11.9 Å². The number of aromatic nitrogens is 3. The minimum Gasteiger partial charge on any atom is -0.485 e. The van der Waals surface area contributed by atoms with Crippen LogP contribution in [0.5, 0.6) is 11.5 Å². The van der Waals surface area contributed by atoms with Crippen LogP contribution in [-0.4, -0.2) is 21.6 Å². The molecule has 1 aliphatic rings. The van der Waals surface area contributed by atoms with E-state index < -0.39 is 0 Å². The normalized spacial score (nSPS) is 16.1. The molecule has 0 aliphatic carbocycles. The van der Waals surface area contributed by atoms with Crippen LogP contribution in [0, 0.1) is 0 Å². The van der Waals surface area contributed by atoms with E-state index >= 15 is 0 Å². The fourth-order valence-electron chi connectivity index (χ4n) is 3.06. The second-order valence-corrected chi connectivity index (χ2v) is 5.95. The number of ether oxygens (including phenoxy) is 2. The van der Waals surface area contributed by atoms with Gasteiger partial charge in [-0.1, -0.05) is 18.2 Å². The number of fused-ring (bicyclic) bond motifs is 2. The molecule has 5 nitrogen and oxygen atoms in total. The molecule has 0 amide bonds. The maximum absolute atomic E-state index is 6.04. The Kier molecular flexibility index (Phi) is 3.16. The van der Waals surface area contributed by atoms with Gasteiger partial charge in [-0.3, -0.25) is 4.98 Å². The Morgan fingerprint density at radius 2 is 1.76 bits per heavy atom. The van der Waals surface area contributed by atoms with Crippen molar-refractivity contribution in [1.29, 1.82) is 0 Å². The molecule has 0 bridgehead atoms. The third-order valence-electron chi connectivity index (χ3n) is 4.33. The van der Waals surface area contributed by atoms with Crippen molar-refractivity contribution in [3.63, 3.8) is 0 Å². The number of hydrogen-bond acceptors (Lipinski definition) is 4. The molecular weight excluding hydrogens is 314 g/mol. The molecule has 0 fully saturated rings. The smallest absolute Gasteiger partial charge is 0.190 e. The quantitative estimate of drug-likeness (QED) is 0.600. The molecule has 3 heterocycles. The van der Waals surface area contributed by atoms with E-state index in [4.69, 9.17) is 9.47 Å². The number of H-pyrrole nitrogens is 1. The van der Waals surface area contributed by atoms with E-state index in [0.29, 0.717) is 6.61 Å². The standard InChI is InChI=1S/C20H15N3O2/c1-2-4-18-17(3-1)24-12-19(25-18)20-22-15-6-5-14(11-16(15)23-20)13-7-9-21-10-8-13/h1-11,19H,12H2,(H,22,23)/t19-/m1/s1. The number of para-hydroxylation sites is 2. The molecule has 0 radical (unpaired) electrons. The summed E-state index contributed by atoms with van der Waals surface area (Å²) < 4.78 is 11.8. The molecule has 1 aliphatic heterocycles. The summed E-state index contributed by atoms with van der Waals surface area (Å²) in [6.07, 6.45) is 3.34. The molecule has 122 valence electrons. The molecule has 0 unspecified atom stereocenters. The molecule has 25 heavy (non-hydrogen) atoms. The summed E-state index contributed by atoms with van der Waals surface area (Å²) in [5, 5.41) is 0. The van der Waals surface area contributed by atoms with Gasteiger partial charge in [-0.2, -0.15) is 0 Å². The first-order valence-electron chi connectivity index (χ1n) is 8.15. The van der Waals surface area contributed by atoms with Crippen LogP contribution in [-0.2, 0) is 0 Å². The van der Waals surface area contributed by atoms with Crippen LogP contribution < -0.4 is 9.47 Å². The number of imidazole rings is 1. The lowest BCUT2D eigenvalue weighted by molar-refractivity contribution is 0.0859. The number of hydrogen-bond donors (Lipinski definition) is 1. The van der Waals surface area contributed by atoms with Crippen molar-refractivity contribution in [3.8, 4) is 22.6 Å². The van der Waals surface area contributed by atoms with Gasteiger partial charge in [0.15, 0.2) is 23.4 Å². The number of rotatable bonds is 2. The Morgan fingerprint density at radius 3 is 2.64 bits per heavy atom. The van der Waals surface area contributed by atoms with Crippen LogP contribution in [0.25, 0.3) is 22.2 Å². The van der Waals surface area contributed by atoms with Crippen LogP contribution in [0.3, 0.4) is 0 Å². The number of aromatic amines is 1. The zero-order chi connectivity index (χ0) is 16.6. The van der Waals surface area contributed by atoms with Gasteiger partial charge >= 0.3 is 0 Å². The third-order valence-corrected chi connectivity index (χ3v) is 4.33. The number of pyridine rings is 1. The number of nitrogens with one attached hydrogen (secondary N) is 1. The van der Waals surface area contributed by atoms with E-state index in [0.717, 1.165) is 39.5 Å². The monoisotopic (exact) mass is 329 g/mol. The molecule has 0 spiro atoms. The summed E-state index contributed by atoms with van der Waals surface area (Å²) in [6.45, 7) is 0.439. The second kappa shape index (κ2) is 5.63. The molecule has 1 atom stereocenters. The first-order valence-corrected chi connectivity index (χ1v) is 8.15. The second-order valence-electron chi connectivity index (χ2n) is 5.95. The van der Waals surface area contributed by atoms with Crippen molar-refractivity contribution >= 4 is 11.0 Å². The van der Waals surface area contributed by atoms with Crippen LogP contribution >= 0.6 is 0 Å². The zero-order valence-corrected chi connectivity index (χ0v) is 13.3. The van der Waals surface area contributed by atoms with Crippen LogP contribution in [0.15, 0.2) is 67.0 Å². The molecule has 0 saturated carbocycles. The highest BCUT2D eigenvalue weighted by molar-refractivity contribution is 5.82. The highest BCUT2D eigenvalue weighted by Crippen LogP contribution is 2.35. The predicted molar refractivity (Wildman–Crippen MR) is 94.6 cm³/mol. The number of benzene rings is 2. The summed E-state index contributed by atoms with van der Waals surface area (Å²) in [5.41, 5.74) is 4.14. The molecular formula is C20H15N3O2. The van der Waals surface area contributed by atoms with E-state index in [9.17, 15) is 0 Å². The molecule has 4 aromatic rings. The molecule has 1 N–H and O–H groups in total. The molecule has 5 rings (SSSR count). The highest BCUT2D eigenvalue weighted by Gasteiger charge is 2.25. The third kappa shape index (κ3) is 2.50. The van der Waals surface area contributed by atoms with Crippen molar-refractivity contribution < 1.29 is 9.47 Å². The Hall–Kier alpha value is -3.34. The Morgan fingerprint density at radius 1 is 0.920 bits per heavy atom. The minimum atomic E-state index is -0.244. The lowest BCUT2D eigenvalue weighted by Gasteiger charge is -2.24. The molecule has 2 aromatic carbocycles. The topological polar surface area (TPSA) is 60.0 Å². The maximum atomic E-state index is 6.04. The van der Waals surface area contributed by atoms with Gasteiger partial charge in [-0.25, -0.2) is 4.98 Å². The van der Waals surface area contributed by atoms with Gasteiger partial charge in [0.25, 0.3) is 0 Å². The van der Waals surface area contributed by atoms with Gasteiger partial charge in [0.05, 0.1) is 11.0 Å². The molecule has 5 heteroatoms. The van der Waals surface area contributed by atoms with E-state index in [1.54, 1.807) is 12.4 Å². The summed E-state index contributed by atoms with van der Waals surface area (Å²) in [7, 11) is 0. The van der Waals surface area contributed by atoms with Gasteiger partial charge in [-0.15, -0.1) is 0 Å². The lowest BCUT2D eigenvalue weighted by Crippen LogP contribution is -2.22. The van der Waals surface area contributed by atoms with Crippen molar-refractivity contribution in [2.75, 3.05) is 6.61 Å². The fraction of sp³-hybridized carbons (Fsp3) is 0.100. The Balaban J connectivity index is 1.49. The average molecular weight is 329 g/mol. The summed E-state index contributed by atoms with van der Waals surface area (Å²) >= 11 is 0. The zero-order valence-electron chi connectivity index (χ0n) is 13.3. The summed E-state index contributed by atoms with van der Waals surface area (Å²) in [6, 6.07) is 17.9. The van der Waals surface area contributed by atoms with Gasteiger partial charge in [0, 0.05) is 12.4 Å². The number of nitrogens with zero attached hydrogens (tertiary/aromatic N) is 2. The first-order chi connectivity index (χ1) is 12.4. The van der Waals surface area contributed by atoms with Crippen molar-refractivity contribution in [2.45, 2.75) is 6.10 Å². The van der Waals surface area contributed by atoms with Crippen LogP contribution in [0.2, 0.25) is 0 Å². The van der Waals surface area contributed by atoms with Crippen molar-refractivity contribution in [3.05, 3.63) is 72.8 Å². The molecule has 2 aromatic heterocycles. The Bertz CT molecular complexity index is 1040.